The van der Waals surface area contributed by atoms with E-state index < -0.39 is 0 Å². The van der Waals surface area contributed by atoms with Gasteiger partial charge in [0.1, 0.15) is 18.1 Å². The van der Waals surface area contributed by atoms with Gasteiger partial charge in [0.15, 0.2) is 6.79 Å². The van der Waals surface area contributed by atoms with Gasteiger partial charge in [-0.05, 0) is 73.6 Å². The number of nitrogens with one attached hydrogen (secondary N) is 1. The van der Waals surface area contributed by atoms with Crippen LogP contribution >= 0.6 is 0 Å². The molecule has 190 valence electrons. The topological polar surface area (TPSA) is 60.0 Å². The summed E-state index contributed by atoms with van der Waals surface area (Å²) in [5.74, 6) is 1.30. The first-order valence-electron chi connectivity index (χ1n) is 12.2. The third-order valence-electron chi connectivity index (χ3n) is 5.56. The van der Waals surface area contributed by atoms with E-state index in [2.05, 4.69) is 17.1 Å². The molecule has 0 radical (unpaired) electrons. The summed E-state index contributed by atoms with van der Waals surface area (Å²) in [6, 6.07) is 25.1. The SMILES string of the molecule is CCCC(=C(C(=O)Nc1ccc(OCCN(C)C)cc1)c1ccc(OCOC)cc1)c1ccccc1. The zero-order chi connectivity index (χ0) is 25.8. The summed E-state index contributed by atoms with van der Waals surface area (Å²) in [5, 5.41) is 3.09. The molecule has 0 heterocycles. The number of hydrogen-bond acceptors (Lipinski definition) is 5. The van der Waals surface area contributed by atoms with Crippen molar-refractivity contribution in [2.45, 2.75) is 19.8 Å². The summed E-state index contributed by atoms with van der Waals surface area (Å²) < 4.78 is 16.3. The summed E-state index contributed by atoms with van der Waals surface area (Å²) in [6.07, 6.45) is 1.68. The zero-order valence-electron chi connectivity index (χ0n) is 21.6. The number of nitrogens with zero attached hydrogens (tertiary/aromatic N) is 1. The second-order valence-electron chi connectivity index (χ2n) is 8.68. The lowest BCUT2D eigenvalue weighted by Crippen LogP contribution is -2.19. The van der Waals surface area contributed by atoms with E-state index in [0.29, 0.717) is 23.6 Å². The Balaban J connectivity index is 1.91. The van der Waals surface area contributed by atoms with Gasteiger partial charge in [0.25, 0.3) is 5.91 Å². The van der Waals surface area contributed by atoms with E-state index in [0.717, 1.165) is 41.8 Å². The van der Waals surface area contributed by atoms with Gasteiger partial charge in [-0.2, -0.15) is 0 Å². The fourth-order valence-corrected chi connectivity index (χ4v) is 3.76. The Kier molecular flexibility index (Phi) is 10.5. The minimum atomic E-state index is -0.158. The maximum atomic E-state index is 13.7. The van der Waals surface area contributed by atoms with E-state index in [1.54, 1.807) is 7.11 Å². The van der Waals surface area contributed by atoms with E-state index >= 15 is 0 Å². The van der Waals surface area contributed by atoms with Crippen LogP contribution in [0.15, 0.2) is 78.9 Å². The number of allylic oxidation sites excluding steroid dienone is 1. The Morgan fingerprint density at radius 1 is 0.833 bits per heavy atom. The van der Waals surface area contributed by atoms with Gasteiger partial charge >= 0.3 is 0 Å². The van der Waals surface area contributed by atoms with Crippen molar-refractivity contribution < 1.29 is 19.0 Å². The molecule has 36 heavy (non-hydrogen) atoms. The Bertz CT molecular complexity index is 1110. The largest absolute Gasteiger partial charge is 0.492 e. The molecule has 0 saturated heterocycles. The summed E-state index contributed by atoms with van der Waals surface area (Å²) in [4.78, 5) is 15.8. The van der Waals surface area contributed by atoms with Crippen LogP contribution in [0.1, 0.15) is 30.9 Å². The molecule has 0 spiro atoms. The highest BCUT2D eigenvalue weighted by Crippen LogP contribution is 2.32. The van der Waals surface area contributed by atoms with Crippen molar-refractivity contribution in [3.63, 3.8) is 0 Å². The first-order valence-corrected chi connectivity index (χ1v) is 12.2. The molecular formula is C30H36N2O4. The molecule has 3 aromatic carbocycles. The van der Waals surface area contributed by atoms with Crippen LogP contribution in [0.25, 0.3) is 11.1 Å². The molecule has 6 heteroatoms. The van der Waals surface area contributed by atoms with Crippen molar-refractivity contribution in [2.24, 2.45) is 0 Å². The number of methoxy groups -OCH3 is 1. The number of carbonyl (C=O) groups excluding carboxylic acids is 1. The Hall–Kier alpha value is -3.61. The molecule has 0 aromatic heterocycles. The van der Waals surface area contributed by atoms with Crippen LogP contribution in [0.3, 0.4) is 0 Å². The van der Waals surface area contributed by atoms with E-state index in [-0.39, 0.29) is 12.7 Å². The summed E-state index contributed by atoms with van der Waals surface area (Å²) >= 11 is 0. The van der Waals surface area contributed by atoms with Gasteiger partial charge in [-0.3, -0.25) is 4.79 Å². The smallest absolute Gasteiger partial charge is 0.256 e. The van der Waals surface area contributed by atoms with Crippen LogP contribution in [-0.2, 0) is 9.53 Å². The number of amides is 1. The molecule has 0 aliphatic carbocycles. The lowest BCUT2D eigenvalue weighted by atomic mass is 9.91. The number of carbonyl (C=O) groups is 1. The summed E-state index contributed by atoms with van der Waals surface area (Å²) in [7, 11) is 5.60. The molecule has 3 aromatic rings. The summed E-state index contributed by atoms with van der Waals surface area (Å²) in [5.41, 5.74) is 4.22. The standard InChI is InChI=1S/C30H36N2O4/c1-5-9-28(23-10-7-6-8-11-23)29(24-12-16-27(17-13-24)36-22-34-4)30(33)31-25-14-18-26(19-15-25)35-21-20-32(2)3/h6-8,10-19H,5,9,20-22H2,1-4H3,(H,31,33). The predicted octanol–water partition coefficient (Wildman–Crippen LogP) is 5.96. The minimum absolute atomic E-state index is 0.158. The lowest BCUT2D eigenvalue weighted by Gasteiger charge is -2.17. The fourth-order valence-electron chi connectivity index (χ4n) is 3.76. The highest BCUT2D eigenvalue weighted by Gasteiger charge is 2.19. The van der Waals surface area contributed by atoms with Crippen molar-refractivity contribution in [3.05, 3.63) is 90.0 Å². The van der Waals surface area contributed by atoms with Crippen LogP contribution in [0.5, 0.6) is 11.5 Å². The first kappa shape index (κ1) is 27.0. The molecule has 1 N–H and O–H groups in total. The molecule has 0 aliphatic rings. The van der Waals surface area contributed by atoms with Gasteiger partial charge in [-0.25, -0.2) is 0 Å². The van der Waals surface area contributed by atoms with Crippen molar-refractivity contribution in [1.82, 2.24) is 4.90 Å². The van der Waals surface area contributed by atoms with E-state index in [4.69, 9.17) is 14.2 Å². The van der Waals surface area contributed by atoms with E-state index in [1.165, 1.54) is 0 Å². The van der Waals surface area contributed by atoms with Crippen LogP contribution < -0.4 is 14.8 Å². The third kappa shape index (κ3) is 7.97. The molecule has 0 saturated carbocycles. The molecule has 0 fully saturated rings. The van der Waals surface area contributed by atoms with Gasteiger partial charge in [0.2, 0.25) is 0 Å². The van der Waals surface area contributed by atoms with Gasteiger partial charge in [-0.15, -0.1) is 0 Å². The highest BCUT2D eigenvalue weighted by atomic mass is 16.7. The fraction of sp³-hybridized carbons (Fsp3) is 0.300. The van der Waals surface area contributed by atoms with E-state index in [9.17, 15) is 4.79 Å². The number of rotatable bonds is 13. The predicted molar refractivity (Wildman–Crippen MR) is 146 cm³/mol. The van der Waals surface area contributed by atoms with Gasteiger partial charge in [-0.1, -0.05) is 55.8 Å². The van der Waals surface area contributed by atoms with Crippen molar-refractivity contribution >= 4 is 22.7 Å². The third-order valence-corrected chi connectivity index (χ3v) is 5.56. The number of anilines is 1. The number of likely N-dealkylation sites (N-methyl/N-ethyl adjacent to an activating group) is 1. The Morgan fingerprint density at radius 2 is 1.47 bits per heavy atom. The maximum Gasteiger partial charge on any atom is 0.256 e. The van der Waals surface area contributed by atoms with Crippen LogP contribution in [-0.4, -0.2) is 52.0 Å². The van der Waals surface area contributed by atoms with Crippen LogP contribution in [0, 0.1) is 0 Å². The Morgan fingerprint density at radius 3 is 2.08 bits per heavy atom. The summed E-state index contributed by atoms with van der Waals surface area (Å²) in [6.45, 7) is 3.73. The molecule has 0 aliphatic heterocycles. The lowest BCUT2D eigenvalue weighted by molar-refractivity contribution is -0.111. The molecule has 0 atom stereocenters. The van der Waals surface area contributed by atoms with Crippen molar-refractivity contribution in [1.29, 1.82) is 0 Å². The van der Waals surface area contributed by atoms with Crippen molar-refractivity contribution in [2.75, 3.05) is 46.5 Å². The number of benzene rings is 3. The van der Waals surface area contributed by atoms with Gasteiger partial charge < -0.3 is 24.4 Å². The number of ether oxygens (including phenoxy) is 3. The van der Waals surface area contributed by atoms with E-state index in [1.807, 2.05) is 93.0 Å². The number of hydrogen-bond donors (Lipinski definition) is 1. The monoisotopic (exact) mass is 488 g/mol. The maximum absolute atomic E-state index is 13.7. The minimum Gasteiger partial charge on any atom is -0.492 e. The molecule has 1 amide bonds. The quantitative estimate of drug-likeness (QED) is 0.183. The van der Waals surface area contributed by atoms with Crippen LogP contribution in [0.2, 0.25) is 0 Å². The first-order chi connectivity index (χ1) is 17.5. The average Bonchev–Trinajstić information content (AvgIpc) is 2.89. The van der Waals surface area contributed by atoms with Gasteiger partial charge in [0, 0.05) is 19.3 Å². The zero-order valence-corrected chi connectivity index (χ0v) is 21.6. The van der Waals surface area contributed by atoms with Crippen molar-refractivity contribution in [3.8, 4) is 11.5 Å². The normalized spacial score (nSPS) is 11.7. The molecule has 3 rings (SSSR count). The second kappa shape index (κ2) is 14.1. The molecular weight excluding hydrogens is 452 g/mol. The second-order valence-corrected chi connectivity index (χ2v) is 8.68. The highest BCUT2D eigenvalue weighted by molar-refractivity contribution is 6.31. The molecule has 6 nitrogen and oxygen atoms in total. The van der Waals surface area contributed by atoms with Crippen LogP contribution in [0.4, 0.5) is 5.69 Å². The Labute approximate surface area is 214 Å². The molecule has 0 bridgehead atoms. The van der Waals surface area contributed by atoms with Gasteiger partial charge in [0.05, 0.1) is 5.57 Å². The molecule has 0 unspecified atom stereocenters. The average molecular weight is 489 g/mol.